The van der Waals surface area contributed by atoms with E-state index in [1.54, 1.807) is 6.26 Å². The molecule has 3 heterocycles. The average Bonchev–Trinajstić information content (AvgIpc) is 3.88. The molecular weight excluding hydrogens is 599 g/mol. The Bertz CT molecular complexity index is 3050. The van der Waals surface area contributed by atoms with Crippen molar-refractivity contribution < 1.29 is 8.83 Å². The summed E-state index contributed by atoms with van der Waals surface area (Å²) in [6.07, 6.45) is 1.73. The fourth-order valence-corrected chi connectivity index (χ4v) is 8.25. The van der Waals surface area contributed by atoms with Crippen LogP contribution >= 0.6 is 0 Å². The van der Waals surface area contributed by atoms with Crippen LogP contribution in [0.2, 0.25) is 0 Å². The maximum Gasteiger partial charge on any atom is 0.146 e. The van der Waals surface area contributed by atoms with E-state index in [-0.39, 0.29) is 0 Å². The van der Waals surface area contributed by atoms with E-state index in [1.165, 1.54) is 65.6 Å². The Kier molecular flexibility index (Phi) is 5.38. The predicted octanol–water partition coefficient (Wildman–Crippen LogP) is 13.1. The zero-order valence-corrected chi connectivity index (χ0v) is 26.4. The Balaban J connectivity index is 1.23. The average molecular weight is 626 g/mol. The SMILES string of the molecule is c1ccc(-n2c3ccccc3c3cc(-c4c5ccccc5c(-c5cccc6oc7c8ccoc8ccc7c56)c5ccccc45)ccc32)cc1. The second-order valence-corrected chi connectivity index (χ2v) is 12.8. The number of nitrogens with zero attached hydrogens (tertiary/aromatic N) is 1. The monoisotopic (exact) mass is 625 g/mol. The lowest BCUT2D eigenvalue weighted by Gasteiger charge is -2.18. The number of para-hydroxylation sites is 2. The molecule has 49 heavy (non-hydrogen) atoms. The third kappa shape index (κ3) is 3.67. The molecule has 11 rings (SSSR count). The minimum absolute atomic E-state index is 0.831. The smallest absolute Gasteiger partial charge is 0.146 e. The molecule has 3 nitrogen and oxygen atoms in total. The third-order valence-electron chi connectivity index (χ3n) is 10.3. The fourth-order valence-electron chi connectivity index (χ4n) is 8.25. The summed E-state index contributed by atoms with van der Waals surface area (Å²) < 4.78 is 14.6. The summed E-state index contributed by atoms with van der Waals surface area (Å²) in [6, 6.07) is 56.7. The van der Waals surface area contributed by atoms with Crippen molar-refractivity contribution >= 4 is 76.3 Å². The summed E-state index contributed by atoms with van der Waals surface area (Å²) in [7, 11) is 0. The van der Waals surface area contributed by atoms with Gasteiger partial charge in [0.2, 0.25) is 0 Å². The van der Waals surface area contributed by atoms with Crippen molar-refractivity contribution in [3.8, 4) is 27.9 Å². The van der Waals surface area contributed by atoms with Gasteiger partial charge in [-0.1, -0.05) is 103 Å². The van der Waals surface area contributed by atoms with Crippen molar-refractivity contribution in [3.05, 3.63) is 164 Å². The highest BCUT2D eigenvalue weighted by atomic mass is 16.3. The molecule has 3 aromatic heterocycles. The standard InChI is InChI=1S/C46H27NO2/c1-2-11-29(12-3-1)47-39-19-9-8-13-30(39)38-27-28(21-23-40(38)47)43-31-14-4-6-16-33(31)44(34-17-7-5-15-32(34)43)36-18-10-20-42-45(36)37-22-24-41-35(25-26-48-41)46(37)49-42/h1-27H. The normalized spacial score (nSPS) is 12.1. The molecule has 0 aliphatic carbocycles. The molecule has 0 N–H and O–H groups in total. The van der Waals surface area contributed by atoms with Gasteiger partial charge in [0, 0.05) is 27.2 Å². The molecular formula is C46H27NO2. The van der Waals surface area contributed by atoms with Crippen LogP contribution in [0.15, 0.2) is 173 Å². The first kappa shape index (κ1) is 26.5. The molecule has 0 spiro atoms. The Morgan fingerprint density at radius 3 is 1.86 bits per heavy atom. The zero-order chi connectivity index (χ0) is 32.1. The van der Waals surface area contributed by atoms with Crippen LogP contribution in [-0.4, -0.2) is 4.57 Å². The molecule has 3 heteroatoms. The minimum atomic E-state index is 0.831. The maximum absolute atomic E-state index is 6.55. The predicted molar refractivity (Wildman–Crippen MR) is 204 cm³/mol. The van der Waals surface area contributed by atoms with Gasteiger partial charge in [0.15, 0.2) is 0 Å². The van der Waals surface area contributed by atoms with Gasteiger partial charge in [-0.3, -0.25) is 0 Å². The summed E-state index contributed by atoms with van der Waals surface area (Å²) in [5.41, 5.74) is 11.0. The molecule has 0 saturated heterocycles. The van der Waals surface area contributed by atoms with Crippen molar-refractivity contribution in [2.45, 2.75) is 0 Å². The molecule has 0 amide bonds. The lowest BCUT2D eigenvalue weighted by atomic mass is 9.84. The molecule has 0 bridgehead atoms. The van der Waals surface area contributed by atoms with Crippen molar-refractivity contribution in [1.29, 1.82) is 0 Å². The molecule has 0 fully saturated rings. The number of furan rings is 2. The highest BCUT2D eigenvalue weighted by molar-refractivity contribution is 6.27. The molecule has 0 atom stereocenters. The van der Waals surface area contributed by atoms with E-state index in [1.807, 2.05) is 12.1 Å². The van der Waals surface area contributed by atoms with Gasteiger partial charge in [0.25, 0.3) is 0 Å². The third-order valence-corrected chi connectivity index (χ3v) is 10.3. The molecule has 0 unspecified atom stereocenters. The molecule has 0 aliphatic rings. The highest BCUT2D eigenvalue weighted by Crippen LogP contribution is 2.48. The second-order valence-electron chi connectivity index (χ2n) is 12.8. The fraction of sp³-hybridized carbons (Fsp3) is 0. The maximum atomic E-state index is 6.55. The largest absolute Gasteiger partial charge is 0.464 e. The Hall–Kier alpha value is -6.58. The zero-order valence-electron chi connectivity index (χ0n) is 26.4. The number of benzene rings is 8. The van der Waals surface area contributed by atoms with Crippen molar-refractivity contribution in [3.63, 3.8) is 0 Å². The molecule has 0 aliphatic heterocycles. The van der Waals surface area contributed by atoms with E-state index < -0.39 is 0 Å². The van der Waals surface area contributed by atoms with Crippen molar-refractivity contribution in [2.75, 3.05) is 0 Å². The second kappa shape index (κ2) is 9.96. The van der Waals surface area contributed by atoms with Gasteiger partial charge in [0.05, 0.1) is 22.7 Å². The van der Waals surface area contributed by atoms with E-state index >= 15 is 0 Å². The van der Waals surface area contributed by atoms with Crippen LogP contribution < -0.4 is 0 Å². The van der Waals surface area contributed by atoms with Crippen LogP contribution in [0.1, 0.15) is 0 Å². The van der Waals surface area contributed by atoms with Gasteiger partial charge in [-0.25, -0.2) is 0 Å². The van der Waals surface area contributed by atoms with E-state index in [0.29, 0.717) is 0 Å². The first-order chi connectivity index (χ1) is 24.3. The topological polar surface area (TPSA) is 31.2 Å². The van der Waals surface area contributed by atoms with Gasteiger partial charge >= 0.3 is 0 Å². The lowest BCUT2D eigenvalue weighted by Crippen LogP contribution is -1.93. The summed E-state index contributed by atoms with van der Waals surface area (Å²) in [5.74, 6) is 0. The molecule has 0 radical (unpaired) electrons. The Morgan fingerprint density at radius 1 is 0.408 bits per heavy atom. The first-order valence-electron chi connectivity index (χ1n) is 16.7. The van der Waals surface area contributed by atoms with Crippen LogP contribution in [0.3, 0.4) is 0 Å². The van der Waals surface area contributed by atoms with Crippen LogP contribution in [0.5, 0.6) is 0 Å². The van der Waals surface area contributed by atoms with E-state index in [9.17, 15) is 0 Å². The van der Waals surface area contributed by atoms with E-state index in [0.717, 1.165) is 38.6 Å². The van der Waals surface area contributed by atoms with E-state index in [2.05, 4.69) is 150 Å². The molecule has 8 aromatic carbocycles. The molecule has 0 saturated carbocycles. The van der Waals surface area contributed by atoms with Gasteiger partial charge in [0.1, 0.15) is 16.7 Å². The number of fused-ring (bicyclic) bond motifs is 10. The molecule has 11 aromatic rings. The van der Waals surface area contributed by atoms with Gasteiger partial charge in [-0.15, -0.1) is 0 Å². The first-order valence-corrected chi connectivity index (χ1v) is 16.7. The van der Waals surface area contributed by atoms with Gasteiger partial charge in [-0.2, -0.15) is 0 Å². The van der Waals surface area contributed by atoms with Crippen molar-refractivity contribution in [2.24, 2.45) is 0 Å². The van der Waals surface area contributed by atoms with Crippen LogP contribution in [0.25, 0.3) is 104 Å². The highest BCUT2D eigenvalue weighted by Gasteiger charge is 2.22. The summed E-state index contributed by atoms with van der Waals surface area (Å²) >= 11 is 0. The summed E-state index contributed by atoms with van der Waals surface area (Å²) in [6.45, 7) is 0. The van der Waals surface area contributed by atoms with E-state index in [4.69, 9.17) is 8.83 Å². The lowest BCUT2D eigenvalue weighted by molar-refractivity contribution is 0.615. The minimum Gasteiger partial charge on any atom is -0.464 e. The van der Waals surface area contributed by atoms with Crippen molar-refractivity contribution in [1.82, 2.24) is 4.57 Å². The van der Waals surface area contributed by atoms with Gasteiger partial charge in [-0.05, 0) is 98.4 Å². The van der Waals surface area contributed by atoms with Crippen LogP contribution in [0.4, 0.5) is 0 Å². The van der Waals surface area contributed by atoms with Crippen LogP contribution in [-0.2, 0) is 0 Å². The summed E-state index contributed by atoms with van der Waals surface area (Å²) in [5, 5.41) is 10.6. The Labute approximate surface area is 280 Å². The van der Waals surface area contributed by atoms with Crippen LogP contribution in [0, 0.1) is 0 Å². The van der Waals surface area contributed by atoms with Gasteiger partial charge < -0.3 is 13.4 Å². The Morgan fingerprint density at radius 2 is 1.08 bits per heavy atom. The molecule has 228 valence electrons. The quantitative estimate of drug-likeness (QED) is 0.183. The summed E-state index contributed by atoms with van der Waals surface area (Å²) in [4.78, 5) is 0. The number of hydrogen-bond donors (Lipinski definition) is 0. The number of hydrogen-bond acceptors (Lipinski definition) is 2. The number of aromatic nitrogens is 1. The number of rotatable bonds is 3.